The van der Waals surface area contributed by atoms with Crippen molar-refractivity contribution in [2.75, 3.05) is 6.54 Å². The quantitative estimate of drug-likeness (QED) is 0.824. The zero-order chi connectivity index (χ0) is 10.8. The van der Waals surface area contributed by atoms with Crippen LogP contribution in [0.15, 0.2) is 18.2 Å². The van der Waals surface area contributed by atoms with Crippen molar-refractivity contribution in [3.05, 3.63) is 34.6 Å². The molecule has 0 radical (unpaired) electrons. The van der Waals surface area contributed by atoms with Gasteiger partial charge in [-0.3, -0.25) is 0 Å². The first-order valence-corrected chi connectivity index (χ1v) is 4.97. The van der Waals surface area contributed by atoms with Crippen LogP contribution in [0, 0.1) is 11.2 Å². The molecular weight excluding hydrogens is 201 g/mol. The standard InChI is InChI=1S/C11H15ClFN/c1-11(2,7-14)6-8-4-3-5-9(13)10(8)12/h3-5H,6-7,14H2,1-2H3. The Morgan fingerprint density at radius 1 is 1.43 bits per heavy atom. The van der Waals surface area contributed by atoms with Crippen molar-refractivity contribution >= 4 is 11.6 Å². The lowest BCUT2D eigenvalue weighted by Crippen LogP contribution is -2.26. The predicted molar refractivity (Wildman–Crippen MR) is 57.9 cm³/mol. The lowest BCUT2D eigenvalue weighted by Gasteiger charge is -2.22. The minimum Gasteiger partial charge on any atom is -0.330 e. The molecule has 1 aromatic rings. The van der Waals surface area contributed by atoms with Gasteiger partial charge in [0.15, 0.2) is 0 Å². The van der Waals surface area contributed by atoms with E-state index in [4.69, 9.17) is 17.3 Å². The number of halogens is 2. The molecule has 0 atom stereocenters. The van der Waals surface area contributed by atoms with Crippen LogP contribution < -0.4 is 5.73 Å². The predicted octanol–water partition coefficient (Wildman–Crippen LogP) is 3.01. The van der Waals surface area contributed by atoms with Crippen molar-refractivity contribution in [3.8, 4) is 0 Å². The lowest BCUT2D eigenvalue weighted by molar-refractivity contribution is 0.376. The van der Waals surface area contributed by atoms with Crippen molar-refractivity contribution in [1.29, 1.82) is 0 Å². The van der Waals surface area contributed by atoms with E-state index in [0.29, 0.717) is 13.0 Å². The second kappa shape index (κ2) is 4.28. The van der Waals surface area contributed by atoms with Crippen LogP contribution in [-0.2, 0) is 6.42 Å². The summed E-state index contributed by atoms with van der Waals surface area (Å²) in [6.07, 6.45) is 0.695. The van der Waals surface area contributed by atoms with Gasteiger partial charge in [-0.05, 0) is 30.0 Å². The average molecular weight is 216 g/mol. The third-order valence-electron chi connectivity index (χ3n) is 2.25. The van der Waals surface area contributed by atoms with Crippen LogP contribution in [0.3, 0.4) is 0 Å². The summed E-state index contributed by atoms with van der Waals surface area (Å²) in [4.78, 5) is 0. The van der Waals surface area contributed by atoms with Gasteiger partial charge in [-0.25, -0.2) is 4.39 Å². The molecule has 0 saturated heterocycles. The first-order valence-electron chi connectivity index (χ1n) is 4.59. The molecule has 0 aliphatic carbocycles. The van der Waals surface area contributed by atoms with E-state index in [1.807, 2.05) is 19.9 Å². The van der Waals surface area contributed by atoms with E-state index in [-0.39, 0.29) is 16.3 Å². The first-order chi connectivity index (χ1) is 6.46. The molecule has 14 heavy (non-hydrogen) atoms. The number of rotatable bonds is 3. The van der Waals surface area contributed by atoms with Gasteiger partial charge in [0.2, 0.25) is 0 Å². The Kier molecular flexibility index (Phi) is 3.51. The van der Waals surface area contributed by atoms with Gasteiger partial charge in [0.1, 0.15) is 5.82 Å². The molecule has 0 aliphatic heterocycles. The highest BCUT2D eigenvalue weighted by Crippen LogP contribution is 2.27. The summed E-state index contributed by atoms with van der Waals surface area (Å²) >= 11 is 5.84. The highest BCUT2D eigenvalue weighted by atomic mass is 35.5. The van der Waals surface area contributed by atoms with E-state index in [0.717, 1.165) is 5.56 Å². The number of benzene rings is 1. The second-order valence-electron chi connectivity index (χ2n) is 4.26. The summed E-state index contributed by atoms with van der Waals surface area (Å²) in [5, 5.41) is 0.217. The Bertz CT molecular complexity index is 323. The number of nitrogens with two attached hydrogens (primary N) is 1. The van der Waals surface area contributed by atoms with Gasteiger partial charge >= 0.3 is 0 Å². The molecule has 0 spiro atoms. The van der Waals surface area contributed by atoms with Crippen molar-refractivity contribution < 1.29 is 4.39 Å². The largest absolute Gasteiger partial charge is 0.330 e. The molecule has 1 rings (SSSR count). The molecule has 0 saturated carbocycles. The third kappa shape index (κ3) is 2.69. The number of hydrogen-bond acceptors (Lipinski definition) is 1. The molecule has 1 nitrogen and oxygen atoms in total. The molecule has 2 N–H and O–H groups in total. The molecule has 78 valence electrons. The minimum atomic E-state index is -0.364. The Balaban J connectivity index is 2.92. The Hall–Kier alpha value is -0.600. The van der Waals surface area contributed by atoms with Gasteiger partial charge < -0.3 is 5.73 Å². The molecule has 0 aliphatic rings. The summed E-state index contributed by atoms with van der Waals surface area (Å²) in [6.45, 7) is 4.63. The maximum absolute atomic E-state index is 13.1. The van der Waals surface area contributed by atoms with Crippen molar-refractivity contribution in [2.24, 2.45) is 11.1 Å². The molecular formula is C11H15ClFN. The van der Waals surface area contributed by atoms with E-state index in [1.54, 1.807) is 6.07 Å². The third-order valence-corrected chi connectivity index (χ3v) is 2.68. The Morgan fingerprint density at radius 2 is 2.07 bits per heavy atom. The summed E-state index contributed by atoms with van der Waals surface area (Å²) in [5.74, 6) is -0.364. The monoisotopic (exact) mass is 215 g/mol. The highest BCUT2D eigenvalue weighted by molar-refractivity contribution is 6.31. The lowest BCUT2D eigenvalue weighted by atomic mass is 9.86. The van der Waals surface area contributed by atoms with Crippen LogP contribution in [0.2, 0.25) is 5.02 Å². The highest BCUT2D eigenvalue weighted by Gasteiger charge is 2.18. The summed E-state index contributed by atoms with van der Waals surface area (Å²) in [5.41, 5.74) is 6.38. The molecule has 0 fully saturated rings. The molecule has 0 amide bonds. The summed E-state index contributed by atoms with van der Waals surface area (Å²) < 4.78 is 13.1. The van der Waals surface area contributed by atoms with E-state index >= 15 is 0 Å². The molecule has 0 unspecified atom stereocenters. The molecule has 0 bridgehead atoms. The van der Waals surface area contributed by atoms with E-state index < -0.39 is 0 Å². The van der Waals surface area contributed by atoms with Gasteiger partial charge in [-0.1, -0.05) is 37.6 Å². The van der Waals surface area contributed by atoms with E-state index in [2.05, 4.69) is 0 Å². The van der Waals surface area contributed by atoms with Crippen molar-refractivity contribution in [1.82, 2.24) is 0 Å². The van der Waals surface area contributed by atoms with E-state index in [9.17, 15) is 4.39 Å². The van der Waals surface area contributed by atoms with Gasteiger partial charge in [0.25, 0.3) is 0 Å². The fraction of sp³-hybridized carbons (Fsp3) is 0.455. The maximum atomic E-state index is 13.1. The zero-order valence-electron chi connectivity index (χ0n) is 8.48. The van der Waals surface area contributed by atoms with Crippen LogP contribution in [0.4, 0.5) is 4.39 Å². The summed E-state index contributed by atoms with van der Waals surface area (Å²) in [7, 11) is 0. The van der Waals surface area contributed by atoms with Crippen LogP contribution in [-0.4, -0.2) is 6.54 Å². The van der Waals surface area contributed by atoms with Gasteiger partial charge in [-0.15, -0.1) is 0 Å². The van der Waals surface area contributed by atoms with Crippen LogP contribution >= 0.6 is 11.6 Å². The fourth-order valence-electron chi connectivity index (χ4n) is 1.27. The summed E-state index contributed by atoms with van der Waals surface area (Å²) in [6, 6.07) is 4.87. The van der Waals surface area contributed by atoms with Crippen molar-refractivity contribution in [2.45, 2.75) is 20.3 Å². The van der Waals surface area contributed by atoms with Crippen molar-refractivity contribution in [3.63, 3.8) is 0 Å². The van der Waals surface area contributed by atoms with Gasteiger partial charge in [0.05, 0.1) is 5.02 Å². The second-order valence-corrected chi connectivity index (χ2v) is 4.64. The van der Waals surface area contributed by atoms with Gasteiger partial charge in [0, 0.05) is 0 Å². The van der Waals surface area contributed by atoms with Crippen LogP contribution in [0.25, 0.3) is 0 Å². The molecule has 0 aromatic heterocycles. The number of hydrogen-bond donors (Lipinski definition) is 1. The van der Waals surface area contributed by atoms with Gasteiger partial charge in [-0.2, -0.15) is 0 Å². The van der Waals surface area contributed by atoms with Crippen LogP contribution in [0.1, 0.15) is 19.4 Å². The average Bonchev–Trinajstić information content (AvgIpc) is 2.13. The normalized spacial score (nSPS) is 11.8. The maximum Gasteiger partial charge on any atom is 0.142 e. The molecule has 3 heteroatoms. The molecule has 1 aromatic carbocycles. The first kappa shape index (κ1) is 11.5. The Labute approximate surface area is 89.1 Å². The zero-order valence-corrected chi connectivity index (χ0v) is 9.24. The SMILES string of the molecule is CC(C)(CN)Cc1cccc(F)c1Cl. The topological polar surface area (TPSA) is 26.0 Å². The molecule has 0 heterocycles. The fourth-order valence-corrected chi connectivity index (χ4v) is 1.47. The minimum absolute atomic E-state index is 0.0442. The van der Waals surface area contributed by atoms with Crippen LogP contribution in [0.5, 0.6) is 0 Å². The smallest absolute Gasteiger partial charge is 0.142 e. The Morgan fingerprint density at radius 3 is 2.64 bits per heavy atom. The van der Waals surface area contributed by atoms with E-state index in [1.165, 1.54) is 6.07 Å².